The van der Waals surface area contributed by atoms with Gasteiger partial charge in [0.2, 0.25) is 0 Å². The molecule has 1 unspecified atom stereocenters. The van der Waals surface area contributed by atoms with Gasteiger partial charge in [-0.05, 0) is 17.5 Å². The largest absolute Gasteiger partial charge is 0.370 e. The fraction of sp³-hybridized carbons (Fsp3) is 0.350. The molecule has 1 aliphatic rings. The molecule has 3 nitrogen and oxygen atoms in total. The maximum absolute atomic E-state index is 6.23. The predicted molar refractivity (Wildman–Crippen MR) is 105 cm³/mol. The number of hydrogen-bond acceptors (Lipinski definition) is 2. The van der Waals surface area contributed by atoms with Crippen LogP contribution in [0.25, 0.3) is 0 Å². The third kappa shape index (κ3) is 4.78. The summed E-state index contributed by atoms with van der Waals surface area (Å²) in [5.74, 6) is 3.33. The Morgan fingerprint density at radius 1 is 1.00 bits per heavy atom. The van der Waals surface area contributed by atoms with Crippen molar-refractivity contribution in [1.29, 1.82) is 0 Å². The molecule has 1 saturated heterocycles. The van der Waals surface area contributed by atoms with Gasteiger partial charge in [-0.15, -0.1) is 0 Å². The Labute approximate surface area is 149 Å². The summed E-state index contributed by atoms with van der Waals surface area (Å²) >= 11 is 1.99. The van der Waals surface area contributed by atoms with Gasteiger partial charge in [0.1, 0.15) is 0 Å². The zero-order valence-electron chi connectivity index (χ0n) is 14.0. The number of benzene rings is 2. The van der Waals surface area contributed by atoms with E-state index in [1.165, 1.54) is 11.1 Å². The van der Waals surface area contributed by atoms with Crippen molar-refractivity contribution in [2.75, 3.05) is 31.1 Å². The van der Waals surface area contributed by atoms with E-state index in [0.717, 1.165) is 37.6 Å². The molecule has 2 aromatic rings. The Morgan fingerprint density at radius 2 is 1.62 bits per heavy atom. The van der Waals surface area contributed by atoms with Crippen LogP contribution in [0.4, 0.5) is 0 Å². The number of aliphatic imine (C=N–C) groups is 1. The fourth-order valence-electron chi connectivity index (χ4n) is 3.01. The maximum Gasteiger partial charge on any atom is 0.191 e. The number of thioether (sulfide) groups is 1. The van der Waals surface area contributed by atoms with Gasteiger partial charge in [0.25, 0.3) is 0 Å². The van der Waals surface area contributed by atoms with Crippen LogP contribution in [0.2, 0.25) is 0 Å². The van der Waals surface area contributed by atoms with E-state index >= 15 is 0 Å². The summed E-state index contributed by atoms with van der Waals surface area (Å²) in [5, 5.41) is 0. The van der Waals surface area contributed by atoms with Crippen molar-refractivity contribution in [2.45, 2.75) is 12.3 Å². The summed E-state index contributed by atoms with van der Waals surface area (Å²) in [6.45, 7) is 2.75. The van der Waals surface area contributed by atoms with Crippen LogP contribution >= 0.6 is 11.8 Å². The highest BCUT2D eigenvalue weighted by Crippen LogP contribution is 2.21. The van der Waals surface area contributed by atoms with Crippen molar-refractivity contribution in [3.05, 3.63) is 71.8 Å². The Bertz CT molecular complexity index is 636. The molecule has 3 rings (SSSR count). The van der Waals surface area contributed by atoms with Crippen molar-refractivity contribution >= 4 is 17.7 Å². The minimum atomic E-state index is 0.353. The van der Waals surface area contributed by atoms with Gasteiger partial charge in [-0.2, -0.15) is 11.8 Å². The summed E-state index contributed by atoms with van der Waals surface area (Å²) < 4.78 is 0. The molecule has 1 fully saturated rings. The van der Waals surface area contributed by atoms with Crippen molar-refractivity contribution < 1.29 is 0 Å². The molecule has 1 heterocycles. The third-order valence-corrected chi connectivity index (χ3v) is 5.35. The van der Waals surface area contributed by atoms with Crippen molar-refractivity contribution in [3.8, 4) is 0 Å². The second-order valence-corrected chi connectivity index (χ2v) is 7.32. The number of guanidine groups is 1. The first-order valence-corrected chi connectivity index (χ1v) is 9.70. The lowest BCUT2D eigenvalue weighted by molar-refractivity contribution is 0.454. The van der Waals surface area contributed by atoms with E-state index < -0.39 is 0 Å². The van der Waals surface area contributed by atoms with E-state index in [1.54, 1.807) is 0 Å². The molecule has 24 heavy (non-hydrogen) atoms. The second kappa shape index (κ2) is 8.78. The topological polar surface area (TPSA) is 41.6 Å². The van der Waals surface area contributed by atoms with Crippen molar-refractivity contribution in [2.24, 2.45) is 10.7 Å². The fourth-order valence-corrected chi connectivity index (χ4v) is 3.91. The summed E-state index contributed by atoms with van der Waals surface area (Å²) in [6.07, 6.45) is 0.984. The molecule has 0 radical (unpaired) electrons. The zero-order chi connectivity index (χ0) is 16.6. The summed E-state index contributed by atoms with van der Waals surface area (Å²) in [6, 6.07) is 21.3. The normalized spacial score (nSPS) is 16.8. The van der Waals surface area contributed by atoms with Crippen LogP contribution in [-0.4, -0.2) is 42.0 Å². The van der Waals surface area contributed by atoms with Gasteiger partial charge in [0.15, 0.2) is 5.96 Å². The quantitative estimate of drug-likeness (QED) is 0.671. The van der Waals surface area contributed by atoms with E-state index in [-0.39, 0.29) is 0 Å². The van der Waals surface area contributed by atoms with Gasteiger partial charge in [-0.3, -0.25) is 4.99 Å². The van der Waals surface area contributed by atoms with Crippen molar-refractivity contribution in [3.63, 3.8) is 0 Å². The lowest BCUT2D eigenvalue weighted by Gasteiger charge is -2.27. The Kier molecular flexibility index (Phi) is 6.19. The van der Waals surface area contributed by atoms with Crippen LogP contribution in [0.1, 0.15) is 17.0 Å². The van der Waals surface area contributed by atoms with Gasteiger partial charge in [-0.1, -0.05) is 60.7 Å². The molecule has 2 aromatic carbocycles. The molecular weight excluding hydrogens is 314 g/mol. The van der Waals surface area contributed by atoms with Crippen LogP contribution in [0.15, 0.2) is 65.7 Å². The highest BCUT2D eigenvalue weighted by molar-refractivity contribution is 7.99. The molecule has 126 valence electrons. The average molecular weight is 340 g/mol. The Balaban J connectivity index is 1.72. The monoisotopic (exact) mass is 339 g/mol. The number of rotatable bonds is 5. The van der Waals surface area contributed by atoms with Crippen LogP contribution in [0.3, 0.4) is 0 Å². The standard InChI is InChI=1S/C20H25N3S/c21-20(23-11-13-24-14-12-23)22-16-19(18-9-5-2-6-10-18)15-17-7-3-1-4-8-17/h1-10,19H,11-16H2,(H2,21,22). The second-order valence-electron chi connectivity index (χ2n) is 6.10. The molecule has 1 aliphatic heterocycles. The molecule has 0 spiro atoms. The molecule has 2 N–H and O–H groups in total. The highest BCUT2D eigenvalue weighted by atomic mass is 32.2. The van der Waals surface area contributed by atoms with Crippen molar-refractivity contribution in [1.82, 2.24) is 4.90 Å². The van der Waals surface area contributed by atoms with Gasteiger partial charge < -0.3 is 10.6 Å². The van der Waals surface area contributed by atoms with Gasteiger partial charge in [0.05, 0.1) is 0 Å². The minimum Gasteiger partial charge on any atom is -0.370 e. The number of nitrogens with zero attached hydrogens (tertiary/aromatic N) is 2. The summed E-state index contributed by atoms with van der Waals surface area (Å²) in [4.78, 5) is 6.94. The zero-order valence-corrected chi connectivity index (χ0v) is 14.8. The first-order valence-electron chi connectivity index (χ1n) is 8.54. The molecule has 0 aliphatic carbocycles. The molecule has 0 aromatic heterocycles. The number of hydrogen-bond donors (Lipinski definition) is 1. The van der Waals surface area contributed by atoms with Crippen LogP contribution in [0, 0.1) is 0 Å². The van der Waals surface area contributed by atoms with E-state index in [1.807, 2.05) is 11.8 Å². The lowest BCUT2D eigenvalue weighted by Crippen LogP contribution is -2.42. The van der Waals surface area contributed by atoms with E-state index in [2.05, 4.69) is 65.6 Å². The van der Waals surface area contributed by atoms with Gasteiger partial charge >= 0.3 is 0 Å². The third-order valence-electron chi connectivity index (χ3n) is 4.40. The van der Waals surface area contributed by atoms with Crippen LogP contribution in [0.5, 0.6) is 0 Å². The SMILES string of the molecule is NC(=NCC(Cc1ccccc1)c1ccccc1)N1CCSCC1. The lowest BCUT2D eigenvalue weighted by atomic mass is 9.92. The summed E-state index contributed by atoms with van der Waals surface area (Å²) in [5.41, 5.74) is 8.90. The Morgan fingerprint density at radius 3 is 2.29 bits per heavy atom. The minimum absolute atomic E-state index is 0.353. The molecular formula is C20H25N3S. The summed E-state index contributed by atoms with van der Waals surface area (Å²) in [7, 11) is 0. The number of nitrogens with two attached hydrogens (primary N) is 1. The molecule has 4 heteroatoms. The molecule has 1 atom stereocenters. The first kappa shape index (κ1) is 16.9. The maximum atomic E-state index is 6.23. The van der Waals surface area contributed by atoms with Gasteiger partial charge in [0, 0.05) is 37.1 Å². The highest BCUT2D eigenvalue weighted by Gasteiger charge is 2.15. The van der Waals surface area contributed by atoms with Crippen LogP contribution in [-0.2, 0) is 6.42 Å². The molecule has 0 amide bonds. The predicted octanol–water partition coefficient (Wildman–Crippen LogP) is 3.38. The Hall–Kier alpha value is -1.94. The molecule has 0 bridgehead atoms. The first-order chi connectivity index (χ1) is 11.8. The van der Waals surface area contributed by atoms with E-state index in [4.69, 9.17) is 10.7 Å². The molecule has 0 saturated carbocycles. The van der Waals surface area contributed by atoms with E-state index in [9.17, 15) is 0 Å². The average Bonchev–Trinajstić information content (AvgIpc) is 2.67. The smallest absolute Gasteiger partial charge is 0.191 e. The van der Waals surface area contributed by atoms with E-state index in [0.29, 0.717) is 11.9 Å². The van der Waals surface area contributed by atoms with Crippen LogP contribution < -0.4 is 5.73 Å². The van der Waals surface area contributed by atoms with Gasteiger partial charge in [-0.25, -0.2) is 0 Å².